The lowest BCUT2D eigenvalue weighted by atomic mass is 10.2. The molecule has 1 amide bonds. The van der Waals surface area contributed by atoms with Crippen molar-refractivity contribution < 1.29 is 9.53 Å². The van der Waals surface area contributed by atoms with Gasteiger partial charge in [0.15, 0.2) is 5.96 Å². The molecule has 0 aliphatic heterocycles. The fourth-order valence-corrected chi connectivity index (χ4v) is 3.34. The van der Waals surface area contributed by atoms with E-state index in [-0.39, 0.29) is 30.1 Å². The van der Waals surface area contributed by atoms with Gasteiger partial charge < -0.3 is 20.3 Å². The predicted molar refractivity (Wildman–Crippen MR) is 136 cm³/mol. The number of nitrogens with zero attached hydrogens (tertiary/aromatic N) is 4. The van der Waals surface area contributed by atoms with Crippen molar-refractivity contribution in [3.8, 4) is 0 Å². The number of aryl methyl sites for hydroxylation is 1. The monoisotopic (exact) mass is 560 g/mol. The fourth-order valence-electron chi connectivity index (χ4n) is 2.61. The van der Waals surface area contributed by atoms with Gasteiger partial charge in [0, 0.05) is 43.6 Å². The SMILES string of the molecule is CN=C(NCCCN(Cc1cccnc1)C(=O)OC(C)(C)C)NCc1ncc(C)s1.I. The third-order valence-electron chi connectivity index (χ3n) is 3.94. The number of nitrogens with one attached hydrogen (secondary N) is 2. The smallest absolute Gasteiger partial charge is 0.410 e. The topological polar surface area (TPSA) is 91.7 Å². The highest BCUT2D eigenvalue weighted by molar-refractivity contribution is 14.0. The lowest BCUT2D eigenvalue weighted by Gasteiger charge is -2.27. The number of hydrogen-bond acceptors (Lipinski definition) is 6. The lowest BCUT2D eigenvalue weighted by molar-refractivity contribution is 0.0232. The van der Waals surface area contributed by atoms with Crippen LogP contribution in [0.5, 0.6) is 0 Å². The van der Waals surface area contributed by atoms with Crippen LogP contribution in [0.1, 0.15) is 42.6 Å². The summed E-state index contributed by atoms with van der Waals surface area (Å²) in [6.45, 7) is 9.96. The zero-order valence-electron chi connectivity index (χ0n) is 18.8. The summed E-state index contributed by atoms with van der Waals surface area (Å²) in [6, 6.07) is 3.82. The molecule has 0 saturated carbocycles. The Labute approximate surface area is 205 Å². The summed E-state index contributed by atoms with van der Waals surface area (Å²) in [4.78, 5) is 28.2. The van der Waals surface area contributed by atoms with Gasteiger partial charge in [0.2, 0.25) is 0 Å². The van der Waals surface area contributed by atoms with Crippen LogP contribution in [-0.2, 0) is 17.8 Å². The van der Waals surface area contributed by atoms with Gasteiger partial charge in [-0.25, -0.2) is 9.78 Å². The van der Waals surface area contributed by atoms with Gasteiger partial charge in [0.1, 0.15) is 10.6 Å². The Morgan fingerprint density at radius 3 is 2.65 bits per heavy atom. The number of guanidine groups is 1. The third kappa shape index (κ3) is 10.8. The summed E-state index contributed by atoms with van der Waals surface area (Å²) in [5.74, 6) is 0.707. The van der Waals surface area contributed by atoms with Gasteiger partial charge in [-0.15, -0.1) is 35.3 Å². The van der Waals surface area contributed by atoms with Crippen molar-refractivity contribution in [1.82, 2.24) is 25.5 Å². The van der Waals surface area contributed by atoms with Gasteiger partial charge >= 0.3 is 6.09 Å². The van der Waals surface area contributed by atoms with E-state index in [2.05, 4.69) is 25.6 Å². The van der Waals surface area contributed by atoms with Crippen molar-refractivity contribution in [2.24, 2.45) is 4.99 Å². The van der Waals surface area contributed by atoms with Gasteiger partial charge in [-0.1, -0.05) is 6.07 Å². The first-order valence-electron chi connectivity index (χ1n) is 9.99. The minimum Gasteiger partial charge on any atom is -0.444 e. The van der Waals surface area contributed by atoms with Gasteiger partial charge in [-0.3, -0.25) is 9.98 Å². The van der Waals surface area contributed by atoms with E-state index in [1.54, 1.807) is 35.7 Å². The summed E-state index contributed by atoms with van der Waals surface area (Å²) in [7, 11) is 1.73. The van der Waals surface area contributed by atoms with Crippen LogP contribution in [0.3, 0.4) is 0 Å². The Bertz CT molecular complexity index is 823. The quantitative estimate of drug-likeness (QED) is 0.220. The van der Waals surface area contributed by atoms with Gasteiger partial charge in [-0.05, 0) is 45.7 Å². The van der Waals surface area contributed by atoms with Crippen molar-refractivity contribution in [1.29, 1.82) is 0 Å². The van der Waals surface area contributed by atoms with E-state index >= 15 is 0 Å². The number of aliphatic imine (C=N–C) groups is 1. The number of carbonyl (C=O) groups excluding carboxylic acids is 1. The molecule has 0 radical (unpaired) electrons. The van der Waals surface area contributed by atoms with E-state index in [1.807, 2.05) is 46.0 Å². The molecule has 172 valence electrons. The largest absolute Gasteiger partial charge is 0.444 e. The van der Waals surface area contributed by atoms with Crippen molar-refractivity contribution in [2.75, 3.05) is 20.1 Å². The van der Waals surface area contributed by atoms with E-state index in [9.17, 15) is 4.79 Å². The fraction of sp³-hybridized carbons (Fsp3) is 0.524. The number of ether oxygens (including phenoxy) is 1. The van der Waals surface area contributed by atoms with Crippen LogP contribution in [0.2, 0.25) is 0 Å². The highest BCUT2D eigenvalue weighted by atomic mass is 127. The summed E-state index contributed by atoms with van der Waals surface area (Å²) in [5, 5.41) is 7.55. The highest BCUT2D eigenvalue weighted by Gasteiger charge is 2.22. The molecule has 0 spiro atoms. The molecule has 0 bridgehead atoms. The minimum absolute atomic E-state index is 0. The van der Waals surface area contributed by atoms with E-state index in [0.29, 0.717) is 32.1 Å². The van der Waals surface area contributed by atoms with Crippen LogP contribution in [0, 0.1) is 6.92 Å². The second-order valence-electron chi connectivity index (χ2n) is 7.83. The van der Waals surface area contributed by atoms with Crippen LogP contribution < -0.4 is 10.6 Å². The molecule has 31 heavy (non-hydrogen) atoms. The first kappa shape index (κ1) is 27.1. The molecule has 0 fully saturated rings. The Hall–Kier alpha value is -1.95. The molecule has 2 heterocycles. The summed E-state index contributed by atoms with van der Waals surface area (Å²) < 4.78 is 5.57. The number of thiazole rings is 1. The zero-order valence-corrected chi connectivity index (χ0v) is 22.0. The Kier molecular flexibility index (Phi) is 11.8. The van der Waals surface area contributed by atoms with Crippen LogP contribution >= 0.6 is 35.3 Å². The standard InChI is InChI=1S/C21H32N6O2S.HI/c1-16-12-25-18(30-16)14-26-19(22-5)24-10-7-11-27(20(28)29-21(2,3)4)15-17-8-6-9-23-13-17;/h6,8-9,12-13H,7,10-11,14-15H2,1-5H3,(H2,22,24,26);1H. The molecule has 0 atom stereocenters. The summed E-state index contributed by atoms with van der Waals surface area (Å²) in [5.41, 5.74) is 0.426. The molecule has 0 aromatic carbocycles. The minimum atomic E-state index is -0.539. The maximum Gasteiger partial charge on any atom is 0.410 e. The van der Waals surface area contributed by atoms with Crippen molar-refractivity contribution in [2.45, 2.75) is 52.8 Å². The van der Waals surface area contributed by atoms with Crippen molar-refractivity contribution in [3.05, 3.63) is 46.2 Å². The van der Waals surface area contributed by atoms with E-state index in [4.69, 9.17) is 4.74 Å². The van der Waals surface area contributed by atoms with Gasteiger partial charge in [-0.2, -0.15) is 0 Å². The summed E-state index contributed by atoms with van der Waals surface area (Å²) in [6.07, 6.45) is 5.77. The molecule has 0 aliphatic carbocycles. The zero-order chi connectivity index (χ0) is 22.0. The normalized spacial score (nSPS) is 11.5. The van der Waals surface area contributed by atoms with Crippen LogP contribution in [-0.4, -0.2) is 52.7 Å². The van der Waals surface area contributed by atoms with Gasteiger partial charge in [0.05, 0.1) is 13.1 Å². The molecular formula is C21H33IN6O2S. The van der Waals surface area contributed by atoms with Crippen LogP contribution in [0.15, 0.2) is 35.7 Å². The number of carbonyl (C=O) groups is 1. The third-order valence-corrected chi connectivity index (χ3v) is 4.86. The molecule has 0 saturated heterocycles. The number of rotatable bonds is 8. The molecule has 2 aromatic heterocycles. The maximum atomic E-state index is 12.6. The molecule has 2 N–H and O–H groups in total. The maximum absolute atomic E-state index is 12.6. The first-order chi connectivity index (χ1) is 14.3. The van der Waals surface area contributed by atoms with Crippen LogP contribution in [0.4, 0.5) is 4.79 Å². The van der Waals surface area contributed by atoms with Crippen LogP contribution in [0.25, 0.3) is 0 Å². The number of pyridine rings is 1. The highest BCUT2D eigenvalue weighted by Crippen LogP contribution is 2.13. The molecular weight excluding hydrogens is 527 g/mol. The number of amides is 1. The Balaban J connectivity index is 0.00000480. The van der Waals surface area contributed by atoms with E-state index in [0.717, 1.165) is 17.0 Å². The van der Waals surface area contributed by atoms with Crippen molar-refractivity contribution >= 4 is 47.4 Å². The van der Waals surface area contributed by atoms with E-state index < -0.39 is 5.60 Å². The first-order valence-corrected chi connectivity index (χ1v) is 10.8. The number of aromatic nitrogens is 2. The second kappa shape index (κ2) is 13.5. The van der Waals surface area contributed by atoms with E-state index in [1.165, 1.54) is 4.88 Å². The number of hydrogen-bond donors (Lipinski definition) is 2. The molecule has 2 rings (SSSR count). The Morgan fingerprint density at radius 2 is 2.06 bits per heavy atom. The molecule has 10 heteroatoms. The van der Waals surface area contributed by atoms with Gasteiger partial charge in [0.25, 0.3) is 0 Å². The van der Waals surface area contributed by atoms with Crippen molar-refractivity contribution in [3.63, 3.8) is 0 Å². The molecule has 8 nitrogen and oxygen atoms in total. The lowest BCUT2D eigenvalue weighted by Crippen LogP contribution is -2.40. The second-order valence-corrected chi connectivity index (χ2v) is 9.15. The number of halogens is 1. The molecule has 0 unspecified atom stereocenters. The Morgan fingerprint density at radius 1 is 1.29 bits per heavy atom. The summed E-state index contributed by atoms with van der Waals surface area (Å²) >= 11 is 1.66. The molecule has 2 aromatic rings. The molecule has 0 aliphatic rings. The predicted octanol–water partition coefficient (Wildman–Crippen LogP) is 3.96. The average molecular weight is 561 g/mol. The average Bonchev–Trinajstić information content (AvgIpc) is 3.11.